The van der Waals surface area contributed by atoms with Crippen molar-refractivity contribution in [1.29, 1.82) is 0 Å². The molecule has 1 heterocycles. The number of nitrogens with zero attached hydrogens (tertiary/aromatic N) is 1. The molecule has 1 saturated heterocycles. The standard InChI is InChI=1S/C17H34N2O/c1-14-7-10-19(15(14)11-20)13-17(8-5-6-9-17)12-18-16(2,3)4/h14-15,18,20H,5-13H2,1-4H3. The number of aliphatic hydroxyl groups excluding tert-OH is 1. The van der Waals surface area contributed by atoms with Crippen molar-refractivity contribution in [2.75, 3.05) is 26.2 Å². The fourth-order valence-electron chi connectivity index (χ4n) is 3.98. The van der Waals surface area contributed by atoms with Crippen LogP contribution in [0.3, 0.4) is 0 Å². The maximum atomic E-state index is 9.67. The normalized spacial score (nSPS) is 31.1. The number of nitrogens with one attached hydrogen (secondary N) is 1. The average Bonchev–Trinajstić information content (AvgIpc) is 2.95. The highest BCUT2D eigenvalue weighted by Gasteiger charge is 2.40. The van der Waals surface area contributed by atoms with E-state index < -0.39 is 0 Å². The minimum Gasteiger partial charge on any atom is -0.395 e. The fourth-order valence-corrected chi connectivity index (χ4v) is 3.98. The van der Waals surface area contributed by atoms with E-state index in [4.69, 9.17) is 0 Å². The summed E-state index contributed by atoms with van der Waals surface area (Å²) in [6, 6.07) is 0.391. The molecule has 0 aromatic heterocycles. The molecule has 0 radical (unpaired) electrons. The van der Waals surface area contributed by atoms with Gasteiger partial charge in [0.2, 0.25) is 0 Å². The number of hydrogen-bond donors (Lipinski definition) is 2. The predicted molar refractivity (Wildman–Crippen MR) is 84.9 cm³/mol. The molecule has 0 spiro atoms. The van der Waals surface area contributed by atoms with Crippen LogP contribution in [-0.4, -0.2) is 47.8 Å². The van der Waals surface area contributed by atoms with Crippen LogP contribution in [-0.2, 0) is 0 Å². The quantitative estimate of drug-likeness (QED) is 0.814. The summed E-state index contributed by atoms with van der Waals surface area (Å²) in [5, 5.41) is 13.4. The van der Waals surface area contributed by atoms with E-state index in [1.54, 1.807) is 0 Å². The van der Waals surface area contributed by atoms with E-state index in [0.717, 1.165) is 6.54 Å². The lowest BCUT2D eigenvalue weighted by molar-refractivity contribution is 0.0866. The van der Waals surface area contributed by atoms with E-state index in [9.17, 15) is 5.11 Å². The first-order chi connectivity index (χ1) is 9.35. The van der Waals surface area contributed by atoms with Crippen LogP contribution >= 0.6 is 0 Å². The maximum Gasteiger partial charge on any atom is 0.0589 e. The predicted octanol–water partition coefficient (Wildman–Crippen LogP) is 2.64. The summed E-state index contributed by atoms with van der Waals surface area (Å²) in [4.78, 5) is 2.57. The average molecular weight is 282 g/mol. The van der Waals surface area contributed by atoms with E-state index in [1.165, 1.54) is 45.2 Å². The van der Waals surface area contributed by atoms with Gasteiger partial charge in [0.15, 0.2) is 0 Å². The second kappa shape index (κ2) is 6.33. The van der Waals surface area contributed by atoms with Gasteiger partial charge in [0.05, 0.1) is 6.61 Å². The Morgan fingerprint density at radius 1 is 1.25 bits per heavy atom. The van der Waals surface area contributed by atoms with Gasteiger partial charge in [0, 0.05) is 24.7 Å². The molecule has 2 aliphatic rings. The Morgan fingerprint density at radius 3 is 2.45 bits per heavy atom. The van der Waals surface area contributed by atoms with Gasteiger partial charge in [-0.05, 0) is 57.9 Å². The summed E-state index contributed by atoms with van der Waals surface area (Å²) >= 11 is 0. The van der Waals surface area contributed by atoms with Gasteiger partial charge in [-0.2, -0.15) is 0 Å². The highest BCUT2D eigenvalue weighted by molar-refractivity contribution is 4.95. The third kappa shape index (κ3) is 3.96. The van der Waals surface area contributed by atoms with Gasteiger partial charge in [-0.3, -0.25) is 4.90 Å². The van der Waals surface area contributed by atoms with Crippen LogP contribution in [0.15, 0.2) is 0 Å². The van der Waals surface area contributed by atoms with Crippen molar-refractivity contribution >= 4 is 0 Å². The minimum absolute atomic E-state index is 0.199. The van der Waals surface area contributed by atoms with Crippen molar-refractivity contribution in [3.8, 4) is 0 Å². The summed E-state index contributed by atoms with van der Waals surface area (Å²) in [6.45, 7) is 12.8. The van der Waals surface area contributed by atoms with Crippen molar-refractivity contribution < 1.29 is 5.11 Å². The van der Waals surface area contributed by atoms with Gasteiger partial charge < -0.3 is 10.4 Å². The lowest BCUT2D eigenvalue weighted by atomic mass is 9.84. The first-order valence-electron chi connectivity index (χ1n) is 8.45. The molecule has 0 amide bonds. The summed E-state index contributed by atoms with van der Waals surface area (Å²) in [5.41, 5.74) is 0.634. The van der Waals surface area contributed by atoms with Crippen LogP contribution in [0.5, 0.6) is 0 Å². The Morgan fingerprint density at radius 2 is 1.90 bits per heavy atom. The lowest BCUT2D eigenvalue weighted by Crippen LogP contribution is -2.49. The summed E-state index contributed by atoms with van der Waals surface area (Å²) in [6.07, 6.45) is 6.68. The summed E-state index contributed by atoms with van der Waals surface area (Å²) in [7, 11) is 0. The second-order valence-corrected chi connectivity index (χ2v) is 8.30. The molecule has 1 aliphatic carbocycles. The number of aliphatic hydroxyl groups is 1. The largest absolute Gasteiger partial charge is 0.395 e. The van der Waals surface area contributed by atoms with Gasteiger partial charge in [0.1, 0.15) is 0 Å². The van der Waals surface area contributed by atoms with E-state index in [0.29, 0.717) is 24.0 Å². The van der Waals surface area contributed by atoms with E-state index >= 15 is 0 Å². The molecular weight excluding hydrogens is 248 g/mol. The van der Waals surface area contributed by atoms with Crippen LogP contribution in [0, 0.1) is 11.3 Å². The van der Waals surface area contributed by atoms with Crippen LogP contribution < -0.4 is 5.32 Å². The van der Waals surface area contributed by atoms with Crippen molar-refractivity contribution in [2.24, 2.45) is 11.3 Å². The summed E-state index contributed by atoms with van der Waals surface area (Å²) in [5.74, 6) is 0.647. The van der Waals surface area contributed by atoms with Gasteiger partial charge in [-0.15, -0.1) is 0 Å². The summed E-state index contributed by atoms with van der Waals surface area (Å²) < 4.78 is 0. The zero-order valence-corrected chi connectivity index (χ0v) is 13.9. The van der Waals surface area contributed by atoms with Crippen molar-refractivity contribution in [2.45, 2.75) is 71.4 Å². The fraction of sp³-hybridized carbons (Fsp3) is 1.00. The SMILES string of the molecule is CC1CCN(CC2(CNC(C)(C)C)CCCC2)C1CO. The molecule has 20 heavy (non-hydrogen) atoms. The molecule has 0 aromatic rings. The molecule has 3 heteroatoms. The minimum atomic E-state index is 0.199. The molecule has 3 nitrogen and oxygen atoms in total. The first-order valence-corrected chi connectivity index (χ1v) is 8.45. The number of likely N-dealkylation sites (tertiary alicyclic amines) is 1. The van der Waals surface area contributed by atoms with Crippen molar-refractivity contribution in [3.05, 3.63) is 0 Å². The Hall–Kier alpha value is -0.120. The van der Waals surface area contributed by atoms with Crippen LogP contribution in [0.1, 0.15) is 59.8 Å². The van der Waals surface area contributed by atoms with Gasteiger partial charge >= 0.3 is 0 Å². The molecule has 2 fully saturated rings. The highest BCUT2D eigenvalue weighted by atomic mass is 16.3. The highest BCUT2D eigenvalue weighted by Crippen LogP contribution is 2.40. The van der Waals surface area contributed by atoms with Gasteiger partial charge in [-0.1, -0.05) is 19.8 Å². The van der Waals surface area contributed by atoms with E-state index in [-0.39, 0.29) is 5.54 Å². The Labute approximate surface area is 125 Å². The van der Waals surface area contributed by atoms with Gasteiger partial charge in [0.25, 0.3) is 0 Å². The van der Waals surface area contributed by atoms with E-state index in [2.05, 4.69) is 37.9 Å². The van der Waals surface area contributed by atoms with Crippen LogP contribution in [0.25, 0.3) is 0 Å². The molecule has 1 saturated carbocycles. The molecule has 0 bridgehead atoms. The van der Waals surface area contributed by atoms with Gasteiger partial charge in [-0.25, -0.2) is 0 Å². The Bertz CT molecular complexity index is 305. The third-order valence-electron chi connectivity index (χ3n) is 5.38. The number of rotatable bonds is 5. The Balaban J connectivity index is 1.98. The monoisotopic (exact) mass is 282 g/mol. The molecule has 2 atom stereocenters. The number of hydrogen-bond acceptors (Lipinski definition) is 3. The van der Waals surface area contributed by atoms with Crippen molar-refractivity contribution in [3.63, 3.8) is 0 Å². The zero-order valence-electron chi connectivity index (χ0n) is 13.9. The molecule has 2 unspecified atom stereocenters. The first kappa shape index (κ1) is 16.3. The molecular formula is C17H34N2O. The van der Waals surface area contributed by atoms with Crippen molar-refractivity contribution in [1.82, 2.24) is 10.2 Å². The lowest BCUT2D eigenvalue weighted by Gasteiger charge is -2.38. The zero-order chi connectivity index (χ0) is 14.8. The second-order valence-electron chi connectivity index (χ2n) is 8.30. The smallest absolute Gasteiger partial charge is 0.0589 e. The van der Waals surface area contributed by atoms with E-state index in [1.807, 2.05) is 0 Å². The molecule has 2 rings (SSSR count). The molecule has 2 N–H and O–H groups in total. The van der Waals surface area contributed by atoms with Crippen LogP contribution in [0.2, 0.25) is 0 Å². The topological polar surface area (TPSA) is 35.5 Å². The molecule has 118 valence electrons. The maximum absolute atomic E-state index is 9.67. The van der Waals surface area contributed by atoms with Crippen LogP contribution in [0.4, 0.5) is 0 Å². The third-order valence-corrected chi connectivity index (χ3v) is 5.38. The molecule has 0 aromatic carbocycles. The Kier molecular flexibility index (Phi) is 5.14. The molecule has 1 aliphatic heterocycles.